The fraction of sp³-hybridized carbons (Fsp3) is 0.474. The molecule has 2 aromatic rings. The largest absolute Gasteiger partial charge is 0.496 e. The first-order valence-electron chi connectivity index (χ1n) is 16.9. The molecule has 0 radical (unpaired) electrons. The maximum Gasteiger partial charge on any atom is 0.241 e. The molecule has 1 aromatic heterocycles. The number of aromatic amines is 1. The number of carbonyl (C=O) groups is 2. The lowest BCUT2D eigenvalue weighted by Gasteiger charge is -2.31. The van der Waals surface area contributed by atoms with Crippen molar-refractivity contribution < 1.29 is 14.3 Å². The quantitative estimate of drug-likeness (QED) is 0.0941. The molecule has 48 heavy (non-hydrogen) atoms. The van der Waals surface area contributed by atoms with Crippen LogP contribution in [0, 0.1) is 0 Å². The normalized spacial score (nSPS) is 13.7. The average molecular weight is 681 g/mol. The van der Waals surface area contributed by atoms with E-state index >= 15 is 0 Å². The van der Waals surface area contributed by atoms with Crippen LogP contribution in [0.25, 0.3) is 12.2 Å². The van der Waals surface area contributed by atoms with E-state index in [0.717, 1.165) is 66.9 Å². The fourth-order valence-electron chi connectivity index (χ4n) is 4.96. The second kappa shape index (κ2) is 26.2. The molecule has 2 heterocycles. The Labute approximate surface area is 292 Å². The molecule has 3 unspecified atom stereocenters. The van der Waals surface area contributed by atoms with Gasteiger partial charge in [-0.1, -0.05) is 71.7 Å². The van der Waals surface area contributed by atoms with Gasteiger partial charge in [0, 0.05) is 60.9 Å². The minimum absolute atomic E-state index is 0.0810. The molecule has 1 aromatic carbocycles. The van der Waals surface area contributed by atoms with E-state index in [9.17, 15) is 9.59 Å². The smallest absolute Gasteiger partial charge is 0.241 e. The maximum absolute atomic E-state index is 12.6. The fourth-order valence-corrected chi connectivity index (χ4v) is 5.31. The number of hydrogen-bond donors (Lipinski definition) is 2. The summed E-state index contributed by atoms with van der Waals surface area (Å²) in [6, 6.07) is 5.92. The number of aromatic nitrogens is 2. The number of ether oxygens (including phenoxy) is 1. The molecule has 2 amide bonds. The van der Waals surface area contributed by atoms with E-state index in [-0.39, 0.29) is 17.9 Å². The molecule has 0 aliphatic carbocycles. The van der Waals surface area contributed by atoms with E-state index < -0.39 is 5.91 Å². The summed E-state index contributed by atoms with van der Waals surface area (Å²) in [6.07, 6.45) is 16.3. The lowest BCUT2D eigenvalue weighted by molar-refractivity contribution is -0.135. The highest BCUT2D eigenvalue weighted by molar-refractivity contribution is 7.27. The van der Waals surface area contributed by atoms with Crippen LogP contribution in [0.5, 0.6) is 5.75 Å². The van der Waals surface area contributed by atoms with Crippen molar-refractivity contribution in [2.75, 3.05) is 26.7 Å². The van der Waals surface area contributed by atoms with E-state index in [1.807, 2.05) is 43.9 Å². The molecule has 1 fully saturated rings. The Morgan fingerprint density at radius 1 is 1.19 bits per heavy atom. The number of nitrogens with two attached hydrogens (primary N) is 1. The number of nitrogens with zero attached hydrogens (tertiary/aromatic N) is 4. The number of rotatable bonds is 14. The third-order valence-corrected chi connectivity index (χ3v) is 8.26. The van der Waals surface area contributed by atoms with Crippen LogP contribution >= 0.6 is 9.24 Å². The van der Waals surface area contributed by atoms with Crippen molar-refractivity contribution in [3.8, 4) is 5.75 Å². The predicted molar refractivity (Wildman–Crippen MR) is 209 cm³/mol. The first-order valence-corrected chi connectivity index (χ1v) is 17.4. The minimum atomic E-state index is -0.499. The number of carbonyl (C=O) groups excluding carboxylic acids is 2. The molecular formula is C38H61N6O3P. The molecule has 9 nitrogen and oxygen atoms in total. The molecule has 1 aliphatic rings. The van der Waals surface area contributed by atoms with Crippen molar-refractivity contribution in [2.45, 2.75) is 92.2 Å². The van der Waals surface area contributed by atoms with Gasteiger partial charge in [0.05, 0.1) is 18.8 Å². The predicted octanol–water partition coefficient (Wildman–Crippen LogP) is 7.29. The summed E-state index contributed by atoms with van der Waals surface area (Å²) in [4.78, 5) is 31.7. The molecule has 0 saturated carbocycles. The maximum atomic E-state index is 12.6. The van der Waals surface area contributed by atoms with E-state index in [1.54, 1.807) is 31.7 Å². The zero-order valence-electron chi connectivity index (χ0n) is 30.5. The Morgan fingerprint density at radius 3 is 2.33 bits per heavy atom. The van der Waals surface area contributed by atoms with Gasteiger partial charge in [-0.25, -0.2) is 0 Å². The Kier molecular flexibility index (Phi) is 24.1. The number of H-pyrrole nitrogens is 1. The highest BCUT2D eigenvalue weighted by Crippen LogP contribution is 2.24. The van der Waals surface area contributed by atoms with Crippen molar-refractivity contribution in [3.05, 3.63) is 78.8 Å². The van der Waals surface area contributed by atoms with Gasteiger partial charge in [-0.15, -0.1) is 22.4 Å². The van der Waals surface area contributed by atoms with Crippen molar-refractivity contribution in [1.82, 2.24) is 20.0 Å². The SMILES string of the molecule is C=C.C=Cc1n[nH]c(C(C)/C=C\N=CC)c1/C=C/C(N)=O.CCCCC.CCN(Cc1c(P)cccc1OC)C(C)C(=O)N1CCCC1. The number of aliphatic imine (C=N–C) groups is 1. The lowest BCUT2D eigenvalue weighted by atomic mass is 10.0. The second-order valence-electron chi connectivity index (χ2n) is 11.1. The van der Waals surface area contributed by atoms with Gasteiger partial charge in [-0.05, 0) is 56.8 Å². The second-order valence-corrected chi connectivity index (χ2v) is 11.7. The van der Waals surface area contributed by atoms with Gasteiger partial charge in [0.15, 0.2) is 0 Å². The molecule has 3 atom stereocenters. The molecule has 1 saturated heterocycles. The number of amides is 2. The average Bonchev–Trinajstić information content (AvgIpc) is 3.79. The number of hydrogen-bond acceptors (Lipinski definition) is 6. The van der Waals surface area contributed by atoms with E-state index in [2.05, 4.69) is 75.9 Å². The first kappa shape index (κ1) is 44.2. The zero-order chi connectivity index (χ0) is 36.5. The van der Waals surface area contributed by atoms with Crippen LogP contribution in [-0.4, -0.2) is 70.8 Å². The zero-order valence-corrected chi connectivity index (χ0v) is 31.7. The highest BCUT2D eigenvalue weighted by Gasteiger charge is 2.27. The van der Waals surface area contributed by atoms with E-state index in [4.69, 9.17) is 10.5 Å². The van der Waals surface area contributed by atoms with Crippen LogP contribution in [0.1, 0.15) is 102 Å². The Balaban J connectivity index is 0.000000778. The highest BCUT2D eigenvalue weighted by atomic mass is 31.0. The molecule has 1 aliphatic heterocycles. The number of unbranched alkanes of at least 4 members (excludes halogenated alkanes) is 2. The number of nitrogens with one attached hydrogen (secondary N) is 1. The molecule has 10 heteroatoms. The van der Waals surface area contributed by atoms with Crippen molar-refractivity contribution in [1.29, 1.82) is 0 Å². The monoisotopic (exact) mass is 680 g/mol. The van der Waals surface area contributed by atoms with Crippen molar-refractivity contribution in [3.63, 3.8) is 0 Å². The number of likely N-dealkylation sites (tertiary alicyclic amines) is 1. The summed E-state index contributed by atoms with van der Waals surface area (Å²) in [7, 11) is 4.46. The number of primary amides is 1. The Morgan fingerprint density at radius 2 is 1.83 bits per heavy atom. The molecule has 3 rings (SSSR count). The lowest BCUT2D eigenvalue weighted by Crippen LogP contribution is -2.46. The summed E-state index contributed by atoms with van der Waals surface area (Å²) in [5.41, 5.74) is 8.63. The molecule has 3 N–H and O–H groups in total. The van der Waals surface area contributed by atoms with Gasteiger partial charge in [-0.3, -0.25) is 24.6 Å². The van der Waals surface area contributed by atoms with Crippen LogP contribution in [0.2, 0.25) is 0 Å². The van der Waals surface area contributed by atoms with Gasteiger partial charge in [-0.2, -0.15) is 5.10 Å². The summed E-state index contributed by atoms with van der Waals surface area (Å²) < 4.78 is 5.48. The van der Waals surface area contributed by atoms with Gasteiger partial charge in [0.25, 0.3) is 0 Å². The number of benzene rings is 1. The first-order chi connectivity index (χ1) is 23.1. The van der Waals surface area contributed by atoms with Gasteiger partial charge in [0.1, 0.15) is 5.75 Å². The van der Waals surface area contributed by atoms with Crippen LogP contribution in [-0.2, 0) is 16.1 Å². The van der Waals surface area contributed by atoms with Crippen LogP contribution in [0.4, 0.5) is 0 Å². The topological polar surface area (TPSA) is 117 Å². The Hall–Kier alpha value is -3.81. The number of likely N-dealkylation sites (N-methyl/N-ethyl adjacent to an activating group) is 1. The summed E-state index contributed by atoms with van der Waals surface area (Å²) >= 11 is 0. The number of methoxy groups -OCH3 is 1. The molecule has 0 spiro atoms. The van der Waals surface area contributed by atoms with Crippen LogP contribution in [0.15, 0.2) is 61.3 Å². The van der Waals surface area contributed by atoms with E-state index in [1.165, 1.54) is 25.3 Å². The summed E-state index contributed by atoms with van der Waals surface area (Å²) in [6.45, 7) is 25.5. The number of allylic oxidation sites excluding steroid dienone is 1. The van der Waals surface area contributed by atoms with Crippen molar-refractivity contribution in [2.24, 2.45) is 10.7 Å². The van der Waals surface area contributed by atoms with Gasteiger partial charge in [0.2, 0.25) is 11.8 Å². The van der Waals surface area contributed by atoms with Crippen molar-refractivity contribution >= 4 is 44.7 Å². The van der Waals surface area contributed by atoms with Gasteiger partial charge >= 0.3 is 0 Å². The minimum Gasteiger partial charge on any atom is -0.496 e. The van der Waals surface area contributed by atoms with Gasteiger partial charge < -0.3 is 15.4 Å². The van der Waals surface area contributed by atoms with Crippen LogP contribution < -0.4 is 15.8 Å². The molecular weight excluding hydrogens is 619 g/mol. The van der Waals surface area contributed by atoms with Crippen LogP contribution in [0.3, 0.4) is 0 Å². The third kappa shape index (κ3) is 15.4. The summed E-state index contributed by atoms with van der Waals surface area (Å²) in [5, 5.41) is 8.21. The standard InChI is InChI=1S/C17H27N2O2P.C14H18N4O.C5H12.C2H4/c1-4-18(13(2)17(20)19-10-5-6-11-19)12-14-15(21-3)8-7-9-16(14)22;1-4-12-11(6-7-13(15)19)14(18-17-12)10(3)8-9-16-5-2;1-3-5-4-2;1-2/h7-9,13H,4-6,10-12,22H2,1-3H3;4-10H,1H2,2-3H3,(H2,15,19)(H,17,18);3-5H2,1-2H3;1-2H2/b;7-6+,9-8-,16-5?;;. The molecule has 266 valence electrons. The van der Waals surface area contributed by atoms with E-state index in [0.29, 0.717) is 5.69 Å². The molecule has 0 bridgehead atoms. The third-order valence-electron chi connectivity index (χ3n) is 7.72. The Bertz CT molecular complexity index is 1310. The summed E-state index contributed by atoms with van der Waals surface area (Å²) in [5.74, 6) is 0.713.